The minimum absolute atomic E-state index is 0. The van der Waals surface area contributed by atoms with Gasteiger partial charge in [-0.15, -0.1) is 0 Å². The summed E-state index contributed by atoms with van der Waals surface area (Å²) in [4.78, 5) is 0. The zero-order valence-corrected chi connectivity index (χ0v) is 3.84. The Bertz CT molecular complexity index is 6.00. The third-order valence-corrected chi connectivity index (χ3v) is 0. The van der Waals surface area contributed by atoms with Gasteiger partial charge in [-0.1, -0.05) is 0 Å². The maximum atomic E-state index is 0. The van der Waals surface area contributed by atoms with Gasteiger partial charge >= 0.3 is 17.4 Å². The Balaban J connectivity index is 0. The summed E-state index contributed by atoms with van der Waals surface area (Å²) in [7, 11) is 0. The van der Waals surface area contributed by atoms with E-state index in [1.165, 1.54) is 0 Å². The van der Waals surface area contributed by atoms with E-state index in [0.717, 1.165) is 0 Å². The molecule has 1 radical (unpaired) electrons. The fraction of sp³-hybridized carbons (Fsp3) is 0. The quantitative estimate of drug-likeness (QED) is 0.404. The van der Waals surface area contributed by atoms with Crippen molar-refractivity contribution in [1.29, 1.82) is 0 Å². The molecule has 0 aromatic heterocycles. The molecule has 0 bridgehead atoms. The van der Waals surface area contributed by atoms with Gasteiger partial charge in [-0.3, -0.25) is 0 Å². The Morgan fingerprint density at radius 3 is 0.750 bits per heavy atom. The predicted molar refractivity (Wildman–Crippen MR) is 4.16 cm³/mol. The number of hydrogen-bond acceptors (Lipinski definition) is 0. The summed E-state index contributed by atoms with van der Waals surface area (Å²) in [5, 5.41) is 0. The van der Waals surface area contributed by atoms with Crippen LogP contribution in [0.25, 0.3) is 0 Å². The van der Waals surface area contributed by atoms with Crippen LogP contribution >= 0.6 is 0 Å². The molecule has 4 heavy (non-hydrogen) atoms. The fourth-order valence-corrected chi connectivity index (χ4v) is 0. The first-order chi connectivity index (χ1) is 0. The zero-order valence-electron chi connectivity index (χ0n) is 1.67. The van der Waals surface area contributed by atoms with Crippen LogP contribution in [0.15, 0.2) is 0 Å². The van der Waals surface area contributed by atoms with Gasteiger partial charge in [-0.05, 0) is 0 Å². The molecular formula is H2ClCrO2. The predicted octanol–water partition coefficient (Wildman–Crippen LogP) is -0.776. The van der Waals surface area contributed by atoms with Gasteiger partial charge in [0.2, 0.25) is 0 Å². The van der Waals surface area contributed by atoms with Gasteiger partial charge in [0.15, 0.2) is 0 Å². The number of hydrogen-bond donors (Lipinski definition) is 0. The first kappa shape index (κ1) is 120. The summed E-state index contributed by atoms with van der Waals surface area (Å²) in [6.45, 7) is 0. The second-order valence-corrected chi connectivity index (χ2v) is 0. The molecule has 0 aliphatic carbocycles. The smallest absolute Gasteiger partial charge is 2.00 e. The van der Waals surface area contributed by atoms with E-state index in [1.54, 1.807) is 0 Å². The summed E-state index contributed by atoms with van der Waals surface area (Å²) >= 11 is 0. The molecule has 0 saturated heterocycles. The van der Waals surface area contributed by atoms with Crippen molar-refractivity contribution in [3.63, 3.8) is 0 Å². The van der Waals surface area contributed by atoms with Gasteiger partial charge in [0, 0.05) is 0 Å². The molecule has 0 aromatic carbocycles. The van der Waals surface area contributed by atoms with Gasteiger partial charge in [0.05, 0.1) is 12.4 Å². The van der Waals surface area contributed by atoms with Crippen molar-refractivity contribution < 1.29 is 40.7 Å². The normalized spacial score (nSPS) is 0. The van der Waals surface area contributed by atoms with E-state index in [4.69, 9.17) is 0 Å². The average molecular weight is 121 g/mol. The molecule has 0 heterocycles. The molecule has 0 saturated carbocycles. The van der Waals surface area contributed by atoms with Crippen LogP contribution in [-0.2, 0) is 28.3 Å². The van der Waals surface area contributed by atoms with E-state index < -0.39 is 0 Å². The molecule has 27 valence electrons. The third kappa shape index (κ3) is 15.1. The summed E-state index contributed by atoms with van der Waals surface area (Å²) < 4.78 is 0. The molecule has 0 amide bonds. The maximum Gasteiger partial charge on any atom is 3.00 e. The minimum atomic E-state index is 0. The molecule has 0 aliphatic rings. The molecule has 2 nitrogen and oxygen atoms in total. The fourth-order valence-electron chi connectivity index (χ4n) is 0. The molecule has 0 fully saturated rings. The van der Waals surface area contributed by atoms with Crippen molar-refractivity contribution in [1.82, 2.24) is 0 Å². The summed E-state index contributed by atoms with van der Waals surface area (Å²) in [6, 6.07) is 0. The molecule has 0 rings (SSSR count). The van der Waals surface area contributed by atoms with Gasteiger partial charge in [0.1, 0.15) is 0 Å². The number of halogens is 1. The van der Waals surface area contributed by atoms with Crippen LogP contribution < -0.4 is 0 Å². The van der Waals surface area contributed by atoms with E-state index in [-0.39, 0.29) is 40.7 Å². The Kier molecular flexibility index (Phi) is 1540. The summed E-state index contributed by atoms with van der Waals surface area (Å²) in [5.41, 5.74) is 0. The van der Waals surface area contributed by atoms with Crippen LogP contribution in [0.2, 0.25) is 0 Å². The van der Waals surface area contributed by atoms with Crippen molar-refractivity contribution in [2.24, 2.45) is 0 Å². The Morgan fingerprint density at radius 2 is 0.750 bits per heavy atom. The van der Waals surface area contributed by atoms with Gasteiger partial charge in [-0.25, -0.2) is 0 Å². The van der Waals surface area contributed by atoms with Crippen LogP contribution in [0.5, 0.6) is 0 Å². The van der Waals surface area contributed by atoms with Crippen molar-refractivity contribution >= 4 is 0 Å². The molecule has 0 aromatic rings. The first-order valence-electron chi connectivity index (χ1n) is 0. The van der Waals surface area contributed by atoms with E-state index in [0.29, 0.717) is 0 Å². The molecule has 0 spiro atoms. The van der Waals surface area contributed by atoms with Gasteiger partial charge in [-0.2, -0.15) is 0 Å². The van der Waals surface area contributed by atoms with Gasteiger partial charge < -0.3 is 11.0 Å². The van der Waals surface area contributed by atoms with Crippen LogP contribution in [-0.4, -0.2) is 0 Å². The maximum absolute atomic E-state index is 0. The van der Waals surface area contributed by atoms with Crippen LogP contribution in [0.3, 0.4) is 0 Å². The zero-order chi connectivity index (χ0) is 0. The Morgan fingerprint density at radius 1 is 0.750 bits per heavy atom. The topological polar surface area (TPSA) is 57.0 Å². The molecule has 0 aliphatic heterocycles. The van der Waals surface area contributed by atoms with E-state index in [9.17, 15) is 0 Å². The Hall–Kier alpha value is 0.742. The second kappa shape index (κ2) is 51.1. The molecule has 4 heteroatoms. The Labute approximate surface area is 41.4 Å². The second-order valence-electron chi connectivity index (χ2n) is 0. The molecular weight excluding hydrogens is 119 g/mol. The average Bonchev–Trinajstić information content (AvgIpc) is 0. The van der Waals surface area contributed by atoms with Crippen LogP contribution in [0.1, 0.15) is 0 Å². The van der Waals surface area contributed by atoms with Crippen molar-refractivity contribution in [3.8, 4) is 0 Å². The van der Waals surface area contributed by atoms with E-state index in [1.807, 2.05) is 0 Å². The van der Waals surface area contributed by atoms with Crippen LogP contribution in [0, 0.1) is 12.4 Å². The third-order valence-electron chi connectivity index (χ3n) is 0. The van der Waals surface area contributed by atoms with Crippen molar-refractivity contribution in [2.75, 3.05) is 0 Å². The van der Waals surface area contributed by atoms with E-state index >= 15 is 0 Å². The van der Waals surface area contributed by atoms with Gasteiger partial charge in [0.25, 0.3) is 0 Å². The molecule has 0 N–H and O–H groups in total. The number of rotatable bonds is 0. The first-order valence-corrected chi connectivity index (χ1v) is 0. The minimum Gasteiger partial charge on any atom is -2.00 e. The van der Waals surface area contributed by atoms with E-state index in [2.05, 4.69) is 0 Å². The van der Waals surface area contributed by atoms with Crippen molar-refractivity contribution in [2.45, 2.75) is 0 Å². The monoisotopic (exact) mass is 121 g/mol. The molecule has 0 unspecified atom stereocenters. The van der Waals surface area contributed by atoms with Crippen LogP contribution in [0.4, 0.5) is 0 Å². The summed E-state index contributed by atoms with van der Waals surface area (Å²) in [6.07, 6.45) is 0. The molecule has 0 atom stereocenters. The largest absolute Gasteiger partial charge is 3.00 e. The van der Waals surface area contributed by atoms with Crippen molar-refractivity contribution in [3.05, 3.63) is 0 Å². The SMILES string of the molecule is [ClH2+].[Cr+3].[O-2].[O-2]. The standard InChI is InChI=1S/ClH2.Cr.2O/h1H2;;;/q+1;+3;2*-2. The summed E-state index contributed by atoms with van der Waals surface area (Å²) in [5.74, 6) is 0.